The third kappa shape index (κ3) is 43.0. The molecule has 0 saturated heterocycles. The number of allylic oxidation sites excluding steroid dienone is 2. The minimum absolute atomic E-state index is 0. The van der Waals surface area contributed by atoms with Crippen LogP contribution in [-0.2, 0) is 28.2 Å². The number of ether oxygens (including phenoxy) is 2. The van der Waals surface area contributed by atoms with Crippen LogP contribution in [0.5, 0.6) is 0 Å². The molecule has 0 aliphatic carbocycles. The van der Waals surface area contributed by atoms with Gasteiger partial charge in [-0.25, -0.2) is 0 Å². The van der Waals surface area contributed by atoms with Crippen molar-refractivity contribution in [1.82, 2.24) is 0 Å². The van der Waals surface area contributed by atoms with Gasteiger partial charge in [-0.05, 0) is 38.5 Å². The van der Waals surface area contributed by atoms with Gasteiger partial charge < -0.3 is 28.3 Å². The Hall–Kier alpha value is 0.790. The number of hydrogen-bond donors (Lipinski definition) is 0. The fraction of sp³-hybridized carbons (Fsp3) is 0.892. The predicted molar refractivity (Wildman–Crippen MR) is 184 cm³/mol. The number of carbonyl (C=O) groups is 2. The van der Waals surface area contributed by atoms with Crippen LogP contribution in [0.1, 0.15) is 194 Å². The summed E-state index contributed by atoms with van der Waals surface area (Å²) in [6.07, 6.45) is 34.6. The van der Waals surface area contributed by atoms with Crippen molar-refractivity contribution in [1.29, 1.82) is 0 Å². The summed E-state index contributed by atoms with van der Waals surface area (Å²) in [5.41, 5.74) is 0. The standard InChI is InChI=1S/C37H71O8P.2Na/c1-3-5-7-9-11-13-15-17-18-20-22-24-26-28-30-32-37(39)45-35(34-44-46(40,41)42)33-43-36(38)31-29-27-25-23-21-19-16-14-12-10-8-6-4-2;;/h17-18,35H,3-16,19-34H2,1-2H3,(H2,40,41,42);;/q;2*+1/p-2/t35-;;/m1../s1. The molecule has 0 aromatic carbocycles. The van der Waals surface area contributed by atoms with Crippen LogP contribution in [0.25, 0.3) is 0 Å². The van der Waals surface area contributed by atoms with E-state index in [-0.39, 0.29) is 78.6 Å². The van der Waals surface area contributed by atoms with E-state index in [4.69, 9.17) is 9.47 Å². The molecule has 0 aliphatic heterocycles. The number of phosphoric ester groups is 1. The fourth-order valence-electron chi connectivity index (χ4n) is 5.42. The van der Waals surface area contributed by atoms with E-state index in [1.54, 1.807) is 0 Å². The van der Waals surface area contributed by atoms with Crippen molar-refractivity contribution in [2.45, 2.75) is 200 Å². The van der Waals surface area contributed by atoms with E-state index in [0.717, 1.165) is 44.9 Å². The van der Waals surface area contributed by atoms with Gasteiger partial charge in [0.25, 0.3) is 0 Å². The number of hydrogen-bond acceptors (Lipinski definition) is 8. The zero-order chi connectivity index (χ0) is 34.0. The topological polar surface area (TPSA) is 125 Å². The quantitative estimate of drug-likeness (QED) is 0.0319. The van der Waals surface area contributed by atoms with Crippen LogP contribution in [0.2, 0.25) is 0 Å². The van der Waals surface area contributed by atoms with Crippen LogP contribution in [0.15, 0.2) is 12.2 Å². The summed E-state index contributed by atoms with van der Waals surface area (Å²) in [4.78, 5) is 46.4. The number of esters is 2. The average molecular weight is 719 g/mol. The van der Waals surface area contributed by atoms with E-state index in [0.29, 0.717) is 12.8 Å². The van der Waals surface area contributed by atoms with Crippen molar-refractivity contribution in [3.05, 3.63) is 12.2 Å². The third-order valence-electron chi connectivity index (χ3n) is 8.27. The van der Waals surface area contributed by atoms with Crippen LogP contribution < -0.4 is 68.9 Å². The van der Waals surface area contributed by atoms with Gasteiger partial charge >= 0.3 is 71.1 Å². The Morgan fingerprint density at radius 3 is 1.29 bits per heavy atom. The maximum Gasteiger partial charge on any atom is 1.00 e. The van der Waals surface area contributed by atoms with Crippen LogP contribution >= 0.6 is 7.82 Å². The van der Waals surface area contributed by atoms with Gasteiger partial charge in [0, 0.05) is 12.8 Å². The molecule has 0 saturated carbocycles. The second-order valence-electron chi connectivity index (χ2n) is 12.9. The number of rotatable bonds is 35. The maximum absolute atomic E-state index is 12.3. The van der Waals surface area contributed by atoms with E-state index >= 15 is 0 Å². The van der Waals surface area contributed by atoms with Crippen molar-refractivity contribution >= 4 is 19.8 Å². The van der Waals surface area contributed by atoms with Crippen molar-refractivity contribution < 1.29 is 97.1 Å². The minimum atomic E-state index is -5.24. The van der Waals surface area contributed by atoms with Gasteiger partial charge in [0.15, 0.2) is 6.10 Å². The normalized spacial score (nSPS) is 12.0. The summed E-state index contributed by atoms with van der Waals surface area (Å²) in [5.74, 6) is -0.959. The van der Waals surface area contributed by atoms with E-state index in [9.17, 15) is 23.9 Å². The monoisotopic (exact) mass is 718 g/mol. The first-order valence-corrected chi connectivity index (χ1v) is 20.4. The first-order valence-electron chi connectivity index (χ1n) is 18.9. The summed E-state index contributed by atoms with van der Waals surface area (Å²) in [7, 11) is -5.24. The van der Waals surface area contributed by atoms with E-state index in [1.807, 2.05) is 0 Å². The van der Waals surface area contributed by atoms with Gasteiger partial charge in [-0.2, -0.15) is 0 Å². The molecular weight excluding hydrogens is 649 g/mol. The minimum Gasteiger partial charge on any atom is -0.790 e. The molecule has 8 nitrogen and oxygen atoms in total. The van der Waals surface area contributed by atoms with Gasteiger partial charge in [-0.1, -0.05) is 154 Å². The van der Waals surface area contributed by atoms with Crippen molar-refractivity contribution in [3.8, 4) is 0 Å². The number of phosphoric acid groups is 1. The summed E-state index contributed by atoms with van der Waals surface area (Å²) >= 11 is 0. The summed E-state index contributed by atoms with van der Waals surface area (Å²) in [6.45, 7) is 3.48. The largest absolute Gasteiger partial charge is 1.00 e. The molecule has 0 unspecified atom stereocenters. The first-order chi connectivity index (χ1) is 22.3. The van der Waals surface area contributed by atoms with Gasteiger partial charge in [-0.3, -0.25) is 9.59 Å². The van der Waals surface area contributed by atoms with Crippen molar-refractivity contribution in [2.24, 2.45) is 0 Å². The summed E-state index contributed by atoms with van der Waals surface area (Å²) in [6, 6.07) is 0. The average Bonchev–Trinajstić information content (AvgIpc) is 3.02. The Balaban J connectivity index is -0.0000101. The molecule has 0 amide bonds. The van der Waals surface area contributed by atoms with Crippen LogP contribution in [-0.4, -0.2) is 31.3 Å². The molecule has 0 heterocycles. The Morgan fingerprint density at radius 2 is 0.896 bits per heavy atom. The smallest absolute Gasteiger partial charge is 0.790 e. The molecule has 0 spiro atoms. The van der Waals surface area contributed by atoms with E-state index in [1.165, 1.54) is 109 Å². The molecule has 0 fully saturated rings. The predicted octanol–water partition coefficient (Wildman–Crippen LogP) is 3.81. The molecule has 0 radical (unpaired) electrons. The molecule has 0 N–H and O–H groups in total. The van der Waals surface area contributed by atoms with E-state index < -0.39 is 32.5 Å². The first kappa shape index (κ1) is 53.1. The second-order valence-corrected chi connectivity index (χ2v) is 14.0. The molecule has 48 heavy (non-hydrogen) atoms. The SMILES string of the molecule is CCCCCCCCC=CCCCCCCCC(=O)O[C@H](COC(=O)CCCCCCCCCCCCCCC)COP(=O)([O-])[O-].[Na+].[Na+]. The fourth-order valence-corrected chi connectivity index (χ4v) is 5.77. The molecule has 0 aliphatic rings. The molecule has 0 bridgehead atoms. The van der Waals surface area contributed by atoms with Gasteiger partial charge in [0.1, 0.15) is 6.61 Å². The Kier molecular flexibility index (Phi) is 44.9. The van der Waals surface area contributed by atoms with Gasteiger partial charge in [0.2, 0.25) is 0 Å². The third-order valence-corrected chi connectivity index (χ3v) is 8.74. The Morgan fingerprint density at radius 1 is 0.542 bits per heavy atom. The van der Waals surface area contributed by atoms with Crippen LogP contribution in [0, 0.1) is 0 Å². The Bertz CT molecular complexity index is 778. The van der Waals surface area contributed by atoms with E-state index in [2.05, 4.69) is 30.5 Å². The molecule has 0 aromatic rings. The molecule has 0 rings (SSSR count). The molecule has 11 heteroatoms. The zero-order valence-corrected chi connectivity index (χ0v) is 36.6. The molecule has 0 aromatic heterocycles. The number of unbranched alkanes of at least 4 members (excludes halogenated alkanes) is 23. The van der Waals surface area contributed by atoms with Crippen LogP contribution in [0.3, 0.4) is 0 Å². The Labute approximate surface area is 339 Å². The molecule has 272 valence electrons. The van der Waals surface area contributed by atoms with Crippen LogP contribution in [0.4, 0.5) is 0 Å². The molecule has 1 atom stereocenters. The second kappa shape index (κ2) is 40.6. The van der Waals surface area contributed by atoms with Crippen molar-refractivity contribution in [2.75, 3.05) is 13.2 Å². The summed E-state index contributed by atoms with van der Waals surface area (Å²) < 4.78 is 25.7. The maximum atomic E-state index is 12.3. The zero-order valence-electron chi connectivity index (χ0n) is 31.7. The van der Waals surface area contributed by atoms with Gasteiger partial charge in [0.05, 0.1) is 14.4 Å². The molecular formula is C37H69Na2O8P. The number of carbonyl (C=O) groups excluding carboxylic acids is 2. The summed E-state index contributed by atoms with van der Waals surface area (Å²) in [5, 5.41) is 0. The van der Waals surface area contributed by atoms with Crippen molar-refractivity contribution in [3.63, 3.8) is 0 Å². The van der Waals surface area contributed by atoms with Gasteiger partial charge in [-0.15, -0.1) is 0 Å².